The molecule has 5 heteroatoms. The van der Waals surface area contributed by atoms with Gasteiger partial charge in [-0.1, -0.05) is 17.7 Å². The van der Waals surface area contributed by atoms with Gasteiger partial charge in [0.15, 0.2) is 0 Å². The van der Waals surface area contributed by atoms with E-state index in [1.807, 2.05) is 24.3 Å². The third-order valence-electron chi connectivity index (χ3n) is 3.09. The Kier molecular flexibility index (Phi) is 4.27. The molecule has 0 aliphatic rings. The van der Waals surface area contributed by atoms with Crippen LogP contribution in [0, 0.1) is 0 Å². The number of halogens is 1. The second-order valence-electron chi connectivity index (χ2n) is 4.49. The van der Waals surface area contributed by atoms with Crippen LogP contribution in [-0.4, -0.2) is 0 Å². The van der Waals surface area contributed by atoms with E-state index in [0.717, 1.165) is 15.0 Å². The van der Waals surface area contributed by atoms with Crippen molar-refractivity contribution in [3.05, 3.63) is 67.9 Å². The molecule has 3 aromatic rings. The zero-order valence-corrected chi connectivity index (χ0v) is 13.3. The van der Waals surface area contributed by atoms with E-state index in [0.29, 0.717) is 0 Å². The topological polar surface area (TPSA) is 25.2 Å². The van der Waals surface area contributed by atoms with Crippen LogP contribution < -0.4 is 5.32 Å². The average Bonchev–Trinajstić information content (AvgIpc) is 3.17. The molecule has 20 heavy (non-hydrogen) atoms. The largest absolute Gasteiger partial charge is 0.467 e. The summed E-state index contributed by atoms with van der Waals surface area (Å²) >= 11 is 9.40. The smallest absolute Gasteiger partial charge is 0.126 e. The van der Waals surface area contributed by atoms with Crippen LogP contribution in [0.5, 0.6) is 0 Å². The molecule has 3 heterocycles. The van der Waals surface area contributed by atoms with Crippen molar-refractivity contribution >= 4 is 34.3 Å². The highest BCUT2D eigenvalue weighted by Gasteiger charge is 2.21. The highest BCUT2D eigenvalue weighted by molar-refractivity contribution is 7.16. The van der Waals surface area contributed by atoms with Gasteiger partial charge in [-0.05, 0) is 42.6 Å². The Bertz CT molecular complexity index is 645. The lowest BCUT2D eigenvalue weighted by atomic mass is 10.1. The van der Waals surface area contributed by atoms with Gasteiger partial charge in [0.1, 0.15) is 11.8 Å². The van der Waals surface area contributed by atoms with Crippen molar-refractivity contribution in [2.45, 2.75) is 19.0 Å². The van der Waals surface area contributed by atoms with E-state index in [4.69, 9.17) is 16.0 Å². The summed E-state index contributed by atoms with van der Waals surface area (Å²) in [6, 6.07) is 12.4. The van der Waals surface area contributed by atoms with E-state index in [1.165, 1.54) is 4.88 Å². The van der Waals surface area contributed by atoms with Gasteiger partial charge in [0.25, 0.3) is 0 Å². The van der Waals surface area contributed by atoms with Crippen LogP contribution in [0.25, 0.3) is 0 Å². The number of furan rings is 1. The first-order chi connectivity index (χ1) is 9.74. The predicted molar refractivity (Wildman–Crippen MR) is 85.7 cm³/mol. The normalized spacial score (nSPS) is 14.3. The van der Waals surface area contributed by atoms with Gasteiger partial charge in [0.05, 0.1) is 10.6 Å². The van der Waals surface area contributed by atoms with E-state index in [1.54, 1.807) is 28.9 Å². The quantitative estimate of drug-likeness (QED) is 0.671. The summed E-state index contributed by atoms with van der Waals surface area (Å²) in [7, 11) is 0. The second-order valence-corrected chi connectivity index (χ2v) is 7.22. The van der Waals surface area contributed by atoms with Crippen molar-refractivity contribution in [1.29, 1.82) is 0 Å². The molecule has 2 unspecified atom stereocenters. The van der Waals surface area contributed by atoms with Crippen LogP contribution in [0.1, 0.15) is 34.5 Å². The zero-order chi connectivity index (χ0) is 13.9. The van der Waals surface area contributed by atoms with Gasteiger partial charge < -0.3 is 4.42 Å². The van der Waals surface area contributed by atoms with Crippen molar-refractivity contribution in [1.82, 2.24) is 5.32 Å². The molecule has 0 saturated carbocycles. The molecule has 2 atom stereocenters. The summed E-state index contributed by atoms with van der Waals surface area (Å²) in [5.41, 5.74) is 0. The Morgan fingerprint density at radius 3 is 2.65 bits per heavy atom. The van der Waals surface area contributed by atoms with Crippen LogP contribution in [0.2, 0.25) is 4.34 Å². The van der Waals surface area contributed by atoms with Crippen LogP contribution in [0.3, 0.4) is 0 Å². The summed E-state index contributed by atoms with van der Waals surface area (Å²) in [6.07, 6.45) is 1.70. The van der Waals surface area contributed by atoms with Crippen LogP contribution in [0.15, 0.2) is 52.5 Å². The summed E-state index contributed by atoms with van der Waals surface area (Å²) in [5, 5.41) is 5.71. The number of hydrogen-bond acceptors (Lipinski definition) is 4. The van der Waals surface area contributed by atoms with Gasteiger partial charge in [-0.15, -0.1) is 22.7 Å². The monoisotopic (exact) mass is 323 g/mol. The lowest BCUT2D eigenvalue weighted by Crippen LogP contribution is -2.24. The Labute approximate surface area is 131 Å². The molecule has 0 aliphatic carbocycles. The summed E-state index contributed by atoms with van der Waals surface area (Å²) in [5.74, 6) is 0.909. The van der Waals surface area contributed by atoms with E-state index in [9.17, 15) is 0 Å². The van der Waals surface area contributed by atoms with Crippen molar-refractivity contribution in [2.24, 2.45) is 0 Å². The molecule has 0 bridgehead atoms. The van der Waals surface area contributed by atoms with Crippen molar-refractivity contribution < 1.29 is 4.42 Å². The fraction of sp³-hybridized carbons (Fsp3) is 0.200. The van der Waals surface area contributed by atoms with Gasteiger partial charge in [-0.25, -0.2) is 0 Å². The average molecular weight is 324 g/mol. The Morgan fingerprint density at radius 1 is 1.15 bits per heavy atom. The third-order valence-corrected chi connectivity index (χ3v) is 5.44. The molecule has 2 nitrogen and oxygen atoms in total. The molecular formula is C15H14ClNOS2. The Morgan fingerprint density at radius 2 is 2.05 bits per heavy atom. The summed E-state index contributed by atoms with van der Waals surface area (Å²) in [4.78, 5) is 2.47. The summed E-state index contributed by atoms with van der Waals surface area (Å²) < 4.78 is 6.38. The molecule has 3 aromatic heterocycles. The fourth-order valence-electron chi connectivity index (χ4n) is 2.11. The third kappa shape index (κ3) is 2.99. The van der Waals surface area contributed by atoms with Crippen molar-refractivity contribution in [3.8, 4) is 0 Å². The molecule has 0 aliphatic heterocycles. The lowest BCUT2D eigenvalue weighted by Gasteiger charge is -2.20. The fourth-order valence-corrected chi connectivity index (χ4v) is 3.99. The minimum absolute atomic E-state index is 0.0274. The second kappa shape index (κ2) is 6.14. The lowest BCUT2D eigenvalue weighted by molar-refractivity contribution is 0.424. The van der Waals surface area contributed by atoms with E-state index in [2.05, 4.69) is 29.8 Å². The maximum atomic E-state index is 6.06. The molecule has 0 fully saturated rings. The molecule has 104 valence electrons. The Hall–Kier alpha value is -1.07. The van der Waals surface area contributed by atoms with Crippen LogP contribution in [-0.2, 0) is 0 Å². The van der Waals surface area contributed by atoms with E-state index in [-0.39, 0.29) is 12.1 Å². The minimum atomic E-state index is 0.0274. The number of nitrogens with one attached hydrogen (secondary N) is 1. The number of thiophene rings is 2. The Balaban J connectivity index is 1.87. The van der Waals surface area contributed by atoms with Crippen LogP contribution in [0.4, 0.5) is 0 Å². The molecule has 1 N–H and O–H groups in total. The number of hydrogen-bond donors (Lipinski definition) is 1. The molecule has 0 spiro atoms. The first-order valence-corrected chi connectivity index (χ1v) is 8.39. The van der Waals surface area contributed by atoms with E-state index >= 15 is 0 Å². The molecule has 0 saturated heterocycles. The van der Waals surface area contributed by atoms with Crippen molar-refractivity contribution in [2.75, 3.05) is 0 Å². The first-order valence-electron chi connectivity index (χ1n) is 6.32. The minimum Gasteiger partial charge on any atom is -0.467 e. The van der Waals surface area contributed by atoms with Crippen molar-refractivity contribution in [3.63, 3.8) is 0 Å². The van der Waals surface area contributed by atoms with Crippen LogP contribution >= 0.6 is 34.3 Å². The standard InChI is InChI=1S/C15H14ClNOS2/c1-10(12-5-3-9-19-12)17-15(11-4-2-8-18-11)13-6-7-14(16)20-13/h2-10,15,17H,1H3. The highest BCUT2D eigenvalue weighted by Crippen LogP contribution is 2.33. The molecule has 0 radical (unpaired) electrons. The maximum Gasteiger partial charge on any atom is 0.126 e. The molecule has 0 amide bonds. The highest BCUT2D eigenvalue weighted by atomic mass is 35.5. The van der Waals surface area contributed by atoms with Gasteiger partial charge in [-0.3, -0.25) is 5.32 Å². The number of rotatable bonds is 5. The van der Waals surface area contributed by atoms with Gasteiger partial charge in [-0.2, -0.15) is 0 Å². The first kappa shape index (κ1) is 13.9. The van der Waals surface area contributed by atoms with E-state index < -0.39 is 0 Å². The SMILES string of the molecule is CC(NC(c1ccco1)c1ccc(Cl)s1)c1cccs1. The van der Waals surface area contributed by atoms with Gasteiger partial charge in [0, 0.05) is 15.8 Å². The molecular weight excluding hydrogens is 310 g/mol. The predicted octanol–water partition coefficient (Wildman–Crippen LogP) is 5.50. The van der Waals surface area contributed by atoms with Gasteiger partial charge in [0.2, 0.25) is 0 Å². The molecule has 0 aromatic carbocycles. The van der Waals surface area contributed by atoms with Gasteiger partial charge >= 0.3 is 0 Å². The summed E-state index contributed by atoms with van der Waals surface area (Å²) in [6.45, 7) is 2.16. The maximum absolute atomic E-state index is 6.06. The molecule has 3 rings (SSSR count). The zero-order valence-electron chi connectivity index (χ0n) is 10.9.